The molecule has 0 aliphatic heterocycles. The molecule has 0 fully saturated rings. The van der Waals surface area contributed by atoms with Gasteiger partial charge in [-0.25, -0.2) is 0 Å². The Balaban J connectivity index is 2.72. The second-order valence-electron chi connectivity index (χ2n) is 11.2. The molecule has 2 atom stereocenters. The van der Waals surface area contributed by atoms with Gasteiger partial charge in [0.15, 0.2) is 0 Å². The zero-order chi connectivity index (χ0) is 21.7. The quantitative estimate of drug-likeness (QED) is 0.274. The Morgan fingerprint density at radius 1 is 0.786 bits per heavy atom. The van der Waals surface area contributed by atoms with Crippen LogP contribution in [-0.4, -0.2) is 5.98 Å². The van der Waals surface area contributed by atoms with Gasteiger partial charge in [-0.1, -0.05) is 0 Å². The van der Waals surface area contributed by atoms with E-state index >= 15 is 0 Å². The predicted molar refractivity (Wildman–Crippen MR) is 130 cm³/mol. The van der Waals surface area contributed by atoms with Gasteiger partial charge in [-0.2, -0.15) is 0 Å². The van der Waals surface area contributed by atoms with Crippen LogP contribution in [0.15, 0.2) is 46.6 Å². The predicted octanol–water partition coefficient (Wildman–Crippen LogP) is 9.19. The van der Waals surface area contributed by atoms with Crippen molar-refractivity contribution >= 4 is 23.1 Å². The van der Waals surface area contributed by atoms with E-state index in [-0.39, 0.29) is 10.8 Å². The molecule has 0 N–H and O–H groups in total. The van der Waals surface area contributed by atoms with Gasteiger partial charge in [-0.15, -0.1) is 0 Å². The molecule has 2 aliphatic carbocycles. The maximum atomic E-state index is 8.00. The van der Waals surface area contributed by atoms with Gasteiger partial charge < -0.3 is 0 Å². The van der Waals surface area contributed by atoms with Gasteiger partial charge in [0.2, 0.25) is 0 Å². The molecule has 0 amide bonds. The fourth-order valence-electron chi connectivity index (χ4n) is 4.76. The number of allylic oxidation sites excluding steroid dienone is 8. The van der Waals surface area contributed by atoms with E-state index in [1.165, 1.54) is 22.3 Å². The summed E-state index contributed by atoms with van der Waals surface area (Å²) >= 11 is -4.37. The number of hydrogen-bond donors (Lipinski definition) is 0. The van der Waals surface area contributed by atoms with E-state index in [4.69, 9.17) is 17.2 Å². The van der Waals surface area contributed by atoms with E-state index in [0.717, 1.165) is 12.8 Å². The van der Waals surface area contributed by atoms with E-state index in [0.29, 0.717) is 7.35 Å². The molecular weight excluding hydrogens is 566 g/mol. The van der Waals surface area contributed by atoms with Crippen LogP contribution in [0.25, 0.3) is 0 Å². The molecule has 0 bridgehead atoms. The normalized spacial score (nSPS) is 25.2. The van der Waals surface area contributed by atoms with Gasteiger partial charge in [0.05, 0.1) is 0 Å². The molecule has 2 aliphatic rings. The molecule has 0 spiro atoms. The first-order valence-electron chi connectivity index (χ1n) is 11.0. The van der Waals surface area contributed by atoms with E-state index in [2.05, 4.69) is 92.8 Å². The van der Waals surface area contributed by atoms with Gasteiger partial charge in [-0.3, -0.25) is 0 Å². The third-order valence-electron chi connectivity index (χ3n) is 7.01. The van der Waals surface area contributed by atoms with Crippen LogP contribution in [0, 0.1) is 10.8 Å². The third-order valence-corrected chi connectivity index (χ3v) is 80.4. The zero-order valence-corrected chi connectivity index (χ0v) is 26.0. The maximum absolute atomic E-state index is 8.00. The summed E-state index contributed by atoms with van der Waals surface area (Å²) in [6.45, 7) is 23.2. The van der Waals surface area contributed by atoms with Crippen molar-refractivity contribution < 1.29 is 15.3 Å². The van der Waals surface area contributed by atoms with Crippen molar-refractivity contribution in [2.75, 3.05) is 0 Å². The molecule has 0 radical (unpaired) electrons. The molecule has 0 nitrogen and oxygen atoms in total. The van der Waals surface area contributed by atoms with Crippen LogP contribution in [0.4, 0.5) is 0 Å². The minimum atomic E-state index is -4.37. The van der Waals surface area contributed by atoms with Crippen molar-refractivity contribution in [2.24, 2.45) is 10.8 Å². The second-order valence-corrected chi connectivity index (χ2v) is 70.8. The molecule has 0 saturated carbocycles. The number of halogens is 2. The molecular formula is C24H41Cl2HfSi. The first kappa shape index (κ1) is 24.9. The number of hydrogen-bond acceptors (Lipinski definition) is 0. The monoisotopic (exact) mass is 607 g/mol. The Hall–Kier alpha value is 0.627. The Morgan fingerprint density at radius 3 is 1.32 bits per heavy atom. The summed E-state index contributed by atoms with van der Waals surface area (Å²) in [6.07, 6.45) is 11.9. The average Bonchev–Trinajstić information content (AvgIpc) is 3.19. The standard InChI is InChI=1S/2C11H17.C2H7Si.2ClH.Hf/c2*1-5-9-6-7-10(8-9)11(2,3)4;1-3-2;;;/h2*6-8H,5H2,1-4H3;3H,1-2H3;2*1H;/q;;;;;+2/p-2. The van der Waals surface area contributed by atoms with Crippen molar-refractivity contribution in [2.45, 2.75) is 88.7 Å². The van der Waals surface area contributed by atoms with E-state index in [1.807, 2.05) is 0 Å². The van der Waals surface area contributed by atoms with Crippen LogP contribution in [0.1, 0.15) is 68.2 Å². The Morgan fingerprint density at radius 2 is 1.11 bits per heavy atom. The molecule has 159 valence electrons. The molecule has 28 heavy (non-hydrogen) atoms. The van der Waals surface area contributed by atoms with E-state index in [9.17, 15) is 0 Å². The van der Waals surface area contributed by atoms with Crippen molar-refractivity contribution in [1.29, 1.82) is 0 Å². The zero-order valence-electron chi connectivity index (χ0n) is 19.7. The molecule has 2 unspecified atom stereocenters. The molecule has 0 aromatic heterocycles. The Kier molecular flexibility index (Phi) is 7.07. The Labute approximate surface area is 183 Å². The fourth-order valence-corrected chi connectivity index (χ4v) is 45.5. The van der Waals surface area contributed by atoms with Crippen LogP contribution in [-0.2, 0) is 15.3 Å². The van der Waals surface area contributed by atoms with Crippen molar-refractivity contribution in [3.8, 4) is 0 Å². The van der Waals surface area contributed by atoms with Crippen LogP contribution >= 0.6 is 17.2 Å². The SMILES string of the molecule is CCC1=CC(C(C)(C)C)=C[CH]1[Hf]([Cl])([Cl])([CH]1C=C(C(C)(C)C)C=C1CC)[SiH](C)C. The minimum absolute atomic E-state index is 0.137. The van der Waals surface area contributed by atoms with E-state index < -0.39 is 21.3 Å². The van der Waals surface area contributed by atoms with Crippen LogP contribution in [0.2, 0.25) is 20.4 Å². The summed E-state index contributed by atoms with van der Waals surface area (Å²) in [7, 11) is 16.0. The van der Waals surface area contributed by atoms with Crippen LogP contribution < -0.4 is 0 Å². The molecule has 4 heteroatoms. The summed E-state index contributed by atoms with van der Waals surface area (Å²) in [5.41, 5.74) is 6.09. The van der Waals surface area contributed by atoms with Gasteiger partial charge in [0.1, 0.15) is 0 Å². The summed E-state index contributed by atoms with van der Waals surface area (Å²) in [5.74, 6) is -1.31. The van der Waals surface area contributed by atoms with Crippen molar-refractivity contribution in [1.82, 2.24) is 0 Å². The van der Waals surface area contributed by atoms with Gasteiger partial charge in [0.25, 0.3) is 0 Å². The van der Waals surface area contributed by atoms with Crippen LogP contribution in [0.5, 0.6) is 0 Å². The van der Waals surface area contributed by atoms with Gasteiger partial charge in [0, 0.05) is 0 Å². The summed E-state index contributed by atoms with van der Waals surface area (Å²) in [4.78, 5) is 0. The molecule has 0 aromatic rings. The van der Waals surface area contributed by atoms with Crippen molar-refractivity contribution in [3.05, 3.63) is 46.6 Å². The average molecular weight is 607 g/mol. The Bertz CT molecular complexity index is 696. The molecule has 2 rings (SSSR count). The number of rotatable bonds is 5. The first-order valence-corrected chi connectivity index (χ1v) is 33.2. The summed E-state index contributed by atoms with van der Waals surface area (Å²) in [5, 5.41) is 0. The fraction of sp³-hybridized carbons (Fsp3) is 0.667. The summed E-state index contributed by atoms with van der Waals surface area (Å²) in [6, 6.07) is 0. The first-order chi connectivity index (χ1) is 12.6. The van der Waals surface area contributed by atoms with Gasteiger partial charge >= 0.3 is 185 Å². The summed E-state index contributed by atoms with van der Waals surface area (Å²) < 4.78 is 0.587. The topological polar surface area (TPSA) is 0 Å². The van der Waals surface area contributed by atoms with Crippen LogP contribution in [0.3, 0.4) is 0 Å². The molecule has 0 aromatic carbocycles. The molecule has 0 saturated heterocycles. The van der Waals surface area contributed by atoms with Crippen molar-refractivity contribution in [3.63, 3.8) is 0 Å². The third kappa shape index (κ3) is 4.19. The molecule has 0 heterocycles. The van der Waals surface area contributed by atoms with E-state index in [1.54, 1.807) is 0 Å². The second kappa shape index (κ2) is 7.95. The van der Waals surface area contributed by atoms with Gasteiger partial charge in [-0.05, 0) is 0 Å².